The number of aliphatic hydroxyl groups is 4. The zero-order chi connectivity index (χ0) is 20.6. The lowest BCUT2D eigenvalue weighted by atomic mass is 9.89. The lowest BCUT2D eigenvalue weighted by Gasteiger charge is -2.40. The third-order valence-corrected chi connectivity index (χ3v) is 4.95. The van der Waals surface area contributed by atoms with Crippen molar-refractivity contribution in [3.05, 3.63) is 45.3 Å². The van der Waals surface area contributed by atoms with Gasteiger partial charge in [-0.3, -0.25) is 4.79 Å². The van der Waals surface area contributed by atoms with Crippen molar-refractivity contribution in [1.82, 2.24) is 0 Å². The van der Waals surface area contributed by atoms with E-state index in [1.165, 1.54) is 13.2 Å². The van der Waals surface area contributed by atoms with Crippen LogP contribution < -0.4 is 10.2 Å². The van der Waals surface area contributed by atoms with Crippen molar-refractivity contribution in [2.24, 2.45) is 0 Å². The number of methoxy groups -OCH3 is 1. The summed E-state index contributed by atoms with van der Waals surface area (Å²) in [7, 11) is 1.42. The number of fused-ring (bicyclic) bond motifs is 1. The normalized spacial score (nSPS) is 28.2. The molecule has 152 valence electrons. The molecular formula is C20H24O8. The van der Waals surface area contributed by atoms with Gasteiger partial charge in [-0.1, -0.05) is 6.08 Å². The fraction of sp³-hybridized carbons (Fsp3) is 0.450. The minimum absolute atomic E-state index is 0.154. The van der Waals surface area contributed by atoms with Gasteiger partial charge in [0.15, 0.2) is 5.43 Å². The van der Waals surface area contributed by atoms with E-state index in [-0.39, 0.29) is 22.3 Å². The molecule has 3 rings (SSSR count). The van der Waals surface area contributed by atoms with Gasteiger partial charge in [-0.2, -0.15) is 0 Å². The van der Waals surface area contributed by atoms with Gasteiger partial charge in [-0.15, -0.1) is 0 Å². The predicted molar refractivity (Wildman–Crippen MR) is 101 cm³/mol. The number of benzene rings is 1. The predicted octanol–water partition coefficient (Wildman–Crippen LogP) is 0.658. The highest BCUT2D eigenvalue weighted by molar-refractivity contribution is 5.86. The van der Waals surface area contributed by atoms with Crippen LogP contribution in [0.3, 0.4) is 0 Å². The van der Waals surface area contributed by atoms with Crippen LogP contribution in [0, 0.1) is 6.92 Å². The monoisotopic (exact) mass is 392 g/mol. The van der Waals surface area contributed by atoms with Crippen LogP contribution in [0.1, 0.15) is 29.9 Å². The topological polar surface area (TPSA) is 130 Å². The van der Waals surface area contributed by atoms with Gasteiger partial charge in [0.25, 0.3) is 0 Å². The summed E-state index contributed by atoms with van der Waals surface area (Å²) >= 11 is 0. The van der Waals surface area contributed by atoms with Gasteiger partial charge in [-0.25, -0.2) is 0 Å². The molecule has 1 aliphatic rings. The summed E-state index contributed by atoms with van der Waals surface area (Å²) in [5.41, 5.74) is 0.714. The number of hydrogen-bond acceptors (Lipinski definition) is 8. The molecule has 0 spiro atoms. The lowest BCUT2D eigenvalue weighted by Crippen LogP contribution is -2.55. The van der Waals surface area contributed by atoms with Crippen molar-refractivity contribution < 1.29 is 34.3 Å². The van der Waals surface area contributed by atoms with Crippen LogP contribution in [0.2, 0.25) is 0 Å². The molecule has 28 heavy (non-hydrogen) atoms. The Labute approximate surface area is 161 Å². The number of aliphatic hydroxyl groups excluding tert-OH is 4. The Morgan fingerprint density at radius 3 is 2.50 bits per heavy atom. The summed E-state index contributed by atoms with van der Waals surface area (Å²) in [6, 6.07) is 2.98. The minimum atomic E-state index is -1.57. The van der Waals surface area contributed by atoms with E-state index in [1.807, 2.05) is 0 Å². The third kappa shape index (κ3) is 3.34. The maximum Gasteiger partial charge on any atom is 0.193 e. The highest BCUT2D eigenvalue weighted by Crippen LogP contribution is 2.41. The zero-order valence-corrected chi connectivity index (χ0v) is 15.8. The van der Waals surface area contributed by atoms with Gasteiger partial charge in [0.1, 0.15) is 47.6 Å². The van der Waals surface area contributed by atoms with Crippen molar-refractivity contribution in [3.63, 3.8) is 0 Å². The quantitative estimate of drug-likeness (QED) is 0.597. The van der Waals surface area contributed by atoms with Crippen molar-refractivity contribution in [2.45, 2.75) is 44.4 Å². The highest BCUT2D eigenvalue weighted by atomic mass is 16.5. The zero-order valence-electron chi connectivity index (χ0n) is 15.8. The SMILES string of the molecule is C/C=C/c1cc(=O)c2c(C)cc(OC)c([C@@H]3O[C@H](CO)[C@@H](O)[C@H](O)[C@H]3O)c2o1. The Hall–Kier alpha value is -2.23. The Morgan fingerprint density at radius 1 is 1.18 bits per heavy atom. The van der Waals surface area contributed by atoms with Gasteiger partial charge < -0.3 is 34.3 Å². The molecule has 0 radical (unpaired) electrons. The van der Waals surface area contributed by atoms with E-state index in [2.05, 4.69) is 0 Å². The van der Waals surface area contributed by atoms with E-state index < -0.39 is 37.1 Å². The second-order valence-corrected chi connectivity index (χ2v) is 6.78. The smallest absolute Gasteiger partial charge is 0.193 e. The molecule has 1 aromatic heterocycles. The van der Waals surface area contributed by atoms with E-state index in [1.54, 1.807) is 32.1 Å². The molecule has 1 fully saturated rings. The fourth-order valence-corrected chi connectivity index (χ4v) is 3.56. The van der Waals surface area contributed by atoms with Gasteiger partial charge in [0, 0.05) is 6.07 Å². The van der Waals surface area contributed by atoms with E-state index in [0.29, 0.717) is 16.7 Å². The largest absolute Gasteiger partial charge is 0.496 e. The average Bonchev–Trinajstić information content (AvgIpc) is 2.66. The highest BCUT2D eigenvalue weighted by Gasteiger charge is 2.46. The molecule has 0 aliphatic carbocycles. The minimum Gasteiger partial charge on any atom is -0.496 e. The summed E-state index contributed by atoms with van der Waals surface area (Å²) in [6.07, 6.45) is -3.56. The fourth-order valence-electron chi connectivity index (χ4n) is 3.56. The van der Waals surface area contributed by atoms with Crippen molar-refractivity contribution in [1.29, 1.82) is 0 Å². The number of rotatable bonds is 4. The molecule has 0 bridgehead atoms. The number of ether oxygens (including phenoxy) is 2. The van der Waals surface area contributed by atoms with E-state index >= 15 is 0 Å². The van der Waals surface area contributed by atoms with Gasteiger partial charge in [-0.05, 0) is 31.6 Å². The second kappa shape index (κ2) is 8.02. The van der Waals surface area contributed by atoms with Crippen LogP contribution in [0.4, 0.5) is 0 Å². The summed E-state index contributed by atoms with van der Waals surface area (Å²) in [4.78, 5) is 12.7. The molecule has 5 atom stereocenters. The molecule has 2 aromatic rings. The third-order valence-electron chi connectivity index (χ3n) is 4.95. The standard InChI is InChI=1S/C20H24O8/c1-4-5-10-7-11(22)14-9(2)6-12(26-3)15(19(14)27-10)20-18(25)17(24)16(23)13(8-21)28-20/h4-7,13,16-18,20-21,23-25H,8H2,1-3H3/b5-4+/t13-,16-,17+,18-,20+/m1/s1. The molecule has 2 heterocycles. The molecule has 8 nitrogen and oxygen atoms in total. The molecule has 0 unspecified atom stereocenters. The van der Waals surface area contributed by atoms with Gasteiger partial charge >= 0.3 is 0 Å². The summed E-state index contributed by atoms with van der Waals surface area (Å²) in [5, 5.41) is 40.6. The molecule has 0 amide bonds. The maximum absolute atomic E-state index is 12.7. The van der Waals surface area contributed by atoms with Crippen LogP contribution in [0.25, 0.3) is 17.0 Å². The molecule has 1 aromatic carbocycles. The maximum atomic E-state index is 12.7. The van der Waals surface area contributed by atoms with Crippen molar-refractivity contribution in [3.8, 4) is 5.75 Å². The first-order valence-corrected chi connectivity index (χ1v) is 8.92. The first kappa shape index (κ1) is 20.5. The molecule has 8 heteroatoms. The Kier molecular flexibility index (Phi) is 5.87. The molecule has 1 aliphatic heterocycles. The number of aryl methyl sites for hydroxylation is 1. The number of allylic oxidation sites excluding steroid dienone is 1. The first-order chi connectivity index (χ1) is 13.3. The summed E-state index contributed by atoms with van der Waals surface area (Å²) < 4.78 is 17.0. The Bertz CT molecular complexity index is 945. The van der Waals surface area contributed by atoms with Crippen LogP contribution in [-0.2, 0) is 4.74 Å². The van der Waals surface area contributed by atoms with Crippen LogP contribution in [0.15, 0.2) is 27.4 Å². The van der Waals surface area contributed by atoms with Crippen LogP contribution in [0.5, 0.6) is 5.75 Å². The summed E-state index contributed by atoms with van der Waals surface area (Å²) in [6.45, 7) is 2.94. The van der Waals surface area contributed by atoms with Gasteiger partial charge in [0.05, 0.1) is 24.7 Å². The average molecular weight is 392 g/mol. The Balaban J connectivity index is 2.32. The van der Waals surface area contributed by atoms with Crippen molar-refractivity contribution in [2.75, 3.05) is 13.7 Å². The van der Waals surface area contributed by atoms with E-state index in [4.69, 9.17) is 13.9 Å². The second-order valence-electron chi connectivity index (χ2n) is 6.78. The lowest BCUT2D eigenvalue weighted by molar-refractivity contribution is -0.231. The molecule has 1 saturated heterocycles. The first-order valence-electron chi connectivity index (χ1n) is 8.92. The van der Waals surface area contributed by atoms with Gasteiger partial charge in [0.2, 0.25) is 0 Å². The van der Waals surface area contributed by atoms with E-state index in [9.17, 15) is 25.2 Å². The molecule has 4 N–H and O–H groups in total. The molecule has 0 saturated carbocycles. The molecular weight excluding hydrogens is 368 g/mol. The Morgan fingerprint density at radius 2 is 1.89 bits per heavy atom. The van der Waals surface area contributed by atoms with Crippen molar-refractivity contribution >= 4 is 17.0 Å². The number of hydrogen-bond donors (Lipinski definition) is 4. The van der Waals surface area contributed by atoms with Crippen LogP contribution >= 0.6 is 0 Å². The summed E-state index contributed by atoms with van der Waals surface area (Å²) in [5.74, 6) is 0.591. The van der Waals surface area contributed by atoms with E-state index in [0.717, 1.165) is 0 Å². The van der Waals surface area contributed by atoms with Crippen LogP contribution in [-0.4, -0.2) is 58.6 Å².